The fraction of sp³-hybridized carbons (Fsp3) is 0.0690. The molecular formula is C29H24N6O2S. The number of anilines is 1. The summed E-state index contributed by atoms with van der Waals surface area (Å²) >= 11 is 0. The average molecular weight is 521 g/mol. The molecule has 0 bridgehead atoms. The summed E-state index contributed by atoms with van der Waals surface area (Å²) in [6.45, 7) is 0. The third-order valence-electron chi connectivity index (χ3n) is 6.67. The molecule has 8 nitrogen and oxygen atoms in total. The molecule has 3 aromatic heterocycles. The minimum absolute atomic E-state index is 0.0313. The molecule has 9 heteroatoms. The maximum Gasteiger partial charge on any atom is 0.265 e. The molecule has 0 aliphatic heterocycles. The smallest absolute Gasteiger partial charge is 0.265 e. The Morgan fingerprint density at radius 1 is 0.711 bits per heavy atom. The number of benzene rings is 3. The summed E-state index contributed by atoms with van der Waals surface area (Å²) in [5, 5.41) is 9.62. The summed E-state index contributed by atoms with van der Waals surface area (Å²) in [5.41, 5.74) is 2.91. The van der Waals surface area contributed by atoms with Crippen molar-refractivity contribution in [3.63, 3.8) is 0 Å². The van der Waals surface area contributed by atoms with Gasteiger partial charge in [0.25, 0.3) is 10.0 Å². The van der Waals surface area contributed by atoms with Crippen molar-refractivity contribution in [2.75, 3.05) is 4.72 Å². The van der Waals surface area contributed by atoms with Gasteiger partial charge >= 0.3 is 0 Å². The van der Waals surface area contributed by atoms with Crippen molar-refractivity contribution in [3.05, 3.63) is 139 Å². The van der Waals surface area contributed by atoms with Crippen LogP contribution in [0.1, 0.15) is 16.7 Å². The molecule has 0 amide bonds. The van der Waals surface area contributed by atoms with Crippen LogP contribution in [0.25, 0.3) is 10.9 Å². The van der Waals surface area contributed by atoms with Crippen molar-refractivity contribution in [1.82, 2.24) is 24.5 Å². The molecule has 0 aliphatic carbocycles. The highest BCUT2D eigenvalue weighted by Crippen LogP contribution is 2.40. The van der Waals surface area contributed by atoms with Crippen LogP contribution in [0.4, 0.5) is 5.69 Å². The first-order valence-corrected chi connectivity index (χ1v) is 13.5. The maximum atomic E-state index is 13.6. The summed E-state index contributed by atoms with van der Waals surface area (Å²) in [6, 6.07) is 29.9. The molecule has 0 saturated carbocycles. The van der Waals surface area contributed by atoms with E-state index < -0.39 is 15.6 Å². The number of fused-ring (bicyclic) bond motifs is 1. The topological polar surface area (TPSA) is 94.7 Å². The van der Waals surface area contributed by atoms with Crippen LogP contribution in [0.2, 0.25) is 0 Å². The van der Waals surface area contributed by atoms with E-state index in [4.69, 9.17) is 0 Å². The quantitative estimate of drug-likeness (QED) is 0.305. The fourth-order valence-electron chi connectivity index (χ4n) is 4.97. The molecular weight excluding hydrogens is 496 g/mol. The van der Waals surface area contributed by atoms with Gasteiger partial charge in [0.1, 0.15) is 10.4 Å². The predicted octanol–water partition coefficient (Wildman–Crippen LogP) is 4.81. The number of pyridine rings is 1. The van der Waals surface area contributed by atoms with Crippen LogP contribution in [0, 0.1) is 0 Å². The predicted molar refractivity (Wildman–Crippen MR) is 146 cm³/mol. The number of aromatic nitrogens is 5. The van der Waals surface area contributed by atoms with Gasteiger partial charge < -0.3 is 0 Å². The second kappa shape index (κ2) is 9.28. The van der Waals surface area contributed by atoms with Crippen LogP contribution in [-0.4, -0.2) is 33.0 Å². The van der Waals surface area contributed by atoms with Crippen molar-refractivity contribution in [2.24, 2.45) is 7.05 Å². The van der Waals surface area contributed by atoms with Crippen LogP contribution in [0.5, 0.6) is 0 Å². The molecule has 0 radical (unpaired) electrons. The monoisotopic (exact) mass is 520 g/mol. The first-order valence-electron chi connectivity index (χ1n) is 12.0. The Bertz CT molecular complexity index is 1720. The Kier molecular flexibility index (Phi) is 5.77. The van der Waals surface area contributed by atoms with E-state index in [0.29, 0.717) is 11.2 Å². The maximum absolute atomic E-state index is 13.6. The van der Waals surface area contributed by atoms with E-state index in [0.717, 1.165) is 22.1 Å². The standard InChI is InChI=1S/C29H24N6O2S/c1-34-28-22(18-31-34)17-30-20-27(28)33-38(36,37)26-19-32-35(21-26)29(23-11-5-2-6-12-23,24-13-7-3-8-14-24)25-15-9-4-10-16-25/h2-21,33H,1H3. The van der Waals surface area contributed by atoms with Crippen molar-refractivity contribution in [1.29, 1.82) is 0 Å². The molecule has 0 saturated heterocycles. The Labute approximate surface area is 220 Å². The van der Waals surface area contributed by atoms with Gasteiger partial charge in [0, 0.05) is 24.8 Å². The summed E-state index contributed by atoms with van der Waals surface area (Å²) in [6.07, 6.45) is 7.72. The molecule has 0 atom stereocenters. The van der Waals surface area contributed by atoms with Gasteiger partial charge in [-0.1, -0.05) is 91.0 Å². The Morgan fingerprint density at radius 2 is 1.26 bits per heavy atom. The average Bonchev–Trinajstić information content (AvgIpc) is 3.60. The molecule has 38 heavy (non-hydrogen) atoms. The zero-order valence-electron chi connectivity index (χ0n) is 20.5. The van der Waals surface area contributed by atoms with Crippen molar-refractivity contribution in [2.45, 2.75) is 10.4 Å². The molecule has 3 aromatic carbocycles. The lowest BCUT2D eigenvalue weighted by atomic mass is 9.77. The van der Waals surface area contributed by atoms with Crippen LogP contribution >= 0.6 is 0 Å². The van der Waals surface area contributed by atoms with Crippen LogP contribution in [0.3, 0.4) is 0 Å². The van der Waals surface area contributed by atoms with Crippen LogP contribution in [0.15, 0.2) is 127 Å². The Hall–Kier alpha value is -4.76. The second-order valence-electron chi connectivity index (χ2n) is 8.93. The lowest BCUT2D eigenvalue weighted by Gasteiger charge is -2.36. The molecule has 0 aliphatic rings. The summed E-state index contributed by atoms with van der Waals surface area (Å²) in [5.74, 6) is 0. The lowest BCUT2D eigenvalue weighted by molar-refractivity contribution is 0.459. The Balaban J connectivity index is 1.53. The molecule has 0 unspecified atom stereocenters. The highest BCUT2D eigenvalue weighted by atomic mass is 32.2. The summed E-state index contributed by atoms with van der Waals surface area (Å²) in [4.78, 5) is 4.20. The first kappa shape index (κ1) is 23.6. The molecule has 6 aromatic rings. The normalized spacial score (nSPS) is 12.0. The van der Waals surface area contributed by atoms with Gasteiger partial charge in [-0.3, -0.25) is 19.1 Å². The zero-order valence-corrected chi connectivity index (χ0v) is 21.3. The minimum Gasteiger partial charge on any atom is -0.276 e. The van der Waals surface area contributed by atoms with Crippen LogP contribution in [-0.2, 0) is 22.6 Å². The Morgan fingerprint density at radius 3 is 1.82 bits per heavy atom. The summed E-state index contributed by atoms with van der Waals surface area (Å²) < 4.78 is 33.2. The highest BCUT2D eigenvalue weighted by Gasteiger charge is 2.40. The summed E-state index contributed by atoms with van der Waals surface area (Å²) in [7, 11) is -2.24. The fourth-order valence-corrected chi connectivity index (χ4v) is 5.96. The van der Waals surface area contributed by atoms with Crippen molar-refractivity contribution >= 4 is 26.6 Å². The minimum atomic E-state index is -4.00. The number of hydrogen-bond acceptors (Lipinski definition) is 5. The second-order valence-corrected chi connectivity index (χ2v) is 10.6. The number of nitrogens with one attached hydrogen (secondary N) is 1. The van der Waals surface area contributed by atoms with Gasteiger partial charge in [-0.2, -0.15) is 10.2 Å². The number of nitrogens with zero attached hydrogens (tertiary/aromatic N) is 5. The third-order valence-corrected chi connectivity index (χ3v) is 7.99. The third kappa shape index (κ3) is 3.84. The molecule has 0 spiro atoms. The molecule has 6 rings (SSSR count). The lowest BCUT2D eigenvalue weighted by Crippen LogP contribution is -2.38. The molecule has 1 N–H and O–H groups in total. The van der Waals surface area contributed by atoms with Crippen LogP contribution < -0.4 is 4.72 Å². The van der Waals surface area contributed by atoms with E-state index >= 15 is 0 Å². The van der Waals surface area contributed by atoms with Gasteiger partial charge in [0.2, 0.25) is 0 Å². The van der Waals surface area contributed by atoms with E-state index in [1.807, 2.05) is 91.0 Å². The highest BCUT2D eigenvalue weighted by molar-refractivity contribution is 7.92. The number of aryl methyl sites for hydroxylation is 1. The zero-order chi connectivity index (χ0) is 26.2. The number of sulfonamides is 1. The van der Waals surface area contributed by atoms with E-state index in [-0.39, 0.29) is 4.90 Å². The van der Waals surface area contributed by atoms with Crippen molar-refractivity contribution < 1.29 is 8.42 Å². The largest absolute Gasteiger partial charge is 0.276 e. The molecule has 188 valence electrons. The SMILES string of the molecule is Cn1ncc2cncc(NS(=O)(=O)c3cnn(C(c4ccccc4)(c4ccccc4)c4ccccc4)c3)c21. The first-order chi connectivity index (χ1) is 18.5. The number of rotatable bonds is 7. The molecule has 0 fully saturated rings. The van der Waals surface area contributed by atoms with Gasteiger partial charge in [-0.05, 0) is 16.7 Å². The van der Waals surface area contributed by atoms with Crippen molar-refractivity contribution in [3.8, 4) is 0 Å². The van der Waals surface area contributed by atoms with Gasteiger partial charge in [-0.15, -0.1) is 0 Å². The van der Waals surface area contributed by atoms with E-state index in [2.05, 4.69) is 19.9 Å². The van der Waals surface area contributed by atoms with Gasteiger partial charge in [0.05, 0.1) is 29.8 Å². The number of hydrogen-bond donors (Lipinski definition) is 1. The van der Waals surface area contributed by atoms with E-state index in [1.54, 1.807) is 35.0 Å². The van der Waals surface area contributed by atoms with Gasteiger partial charge in [-0.25, -0.2) is 8.42 Å². The van der Waals surface area contributed by atoms with Gasteiger partial charge in [0.15, 0.2) is 0 Å². The van der Waals surface area contributed by atoms with E-state index in [1.165, 1.54) is 12.4 Å². The van der Waals surface area contributed by atoms with E-state index in [9.17, 15) is 8.42 Å². The molecule has 3 heterocycles.